The summed E-state index contributed by atoms with van der Waals surface area (Å²) in [5.41, 5.74) is 1.30. The zero-order valence-electron chi connectivity index (χ0n) is 6.49. The molecule has 54 valence electrons. The number of hydrogen-bond donors (Lipinski definition) is 2. The van der Waals surface area contributed by atoms with E-state index in [0.717, 1.165) is 13.0 Å². The molecule has 0 aliphatic rings. The van der Waals surface area contributed by atoms with Crippen LogP contribution in [0, 0.1) is 0 Å². The van der Waals surface area contributed by atoms with Crippen LogP contribution in [0.15, 0.2) is 11.8 Å². The average molecular weight is 128 g/mol. The van der Waals surface area contributed by atoms with Gasteiger partial charge in [0.05, 0.1) is 0 Å². The minimum Gasteiger partial charge on any atom is -0.392 e. The third-order valence-electron chi connectivity index (χ3n) is 1.31. The minimum atomic E-state index is 1.04. The van der Waals surface area contributed by atoms with Crippen LogP contribution in [0.2, 0.25) is 0 Å². The predicted octanol–water partition coefficient (Wildman–Crippen LogP) is 0.719. The zero-order valence-corrected chi connectivity index (χ0v) is 6.49. The molecule has 0 bridgehead atoms. The van der Waals surface area contributed by atoms with Gasteiger partial charge in [0.2, 0.25) is 0 Å². The summed E-state index contributed by atoms with van der Waals surface area (Å²) >= 11 is 0. The van der Waals surface area contributed by atoms with Crippen LogP contribution in [-0.2, 0) is 0 Å². The zero-order chi connectivity index (χ0) is 7.11. The highest BCUT2D eigenvalue weighted by Gasteiger charge is 1.87. The number of rotatable bonds is 4. The molecule has 2 heteroatoms. The van der Waals surface area contributed by atoms with Crippen molar-refractivity contribution in [3.63, 3.8) is 0 Å². The van der Waals surface area contributed by atoms with E-state index in [1.165, 1.54) is 5.70 Å². The lowest BCUT2D eigenvalue weighted by atomic mass is 10.3. The highest BCUT2D eigenvalue weighted by atomic mass is 14.9. The normalized spacial score (nSPS) is 11.7. The second-order valence-corrected chi connectivity index (χ2v) is 1.92. The molecule has 0 amide bonds. The van der Waals surface area contributed by atoms with Gasteiger partial charge in [0.25, 0.3) is 0 Å². The van der Waals surface area contributed by atoms with E-state index in [9.17, 15) is 0 Å². The van der Waals surface area contributed by atoms with E-state index in [2.05, 4.69) is 16.7 Å². The topological polar surface area (TPSA) is 24.1 Å². The highest BCUT2D eigenvalue weighted by molar-refractivity contribution is 4.96. The maximum absolute atomic E-state index is 3.11. The van der Waals surface area contributed by atoms with Gasteiger partial charge in [0.1, 0.15) is 0 Å². The van der Waals surface area contributed by atoms with Crippen LogP contribution in [0.3, 0.4) is 0 Å². The van der Waals surface area contributed by atoms with E-state index in [0.29, 0.717) is 0 Å². The third kappa shape index (κ3) is 4.03. The molecular formula is C7H16N2. The maximum atomic E-state index is 3.11. The Labute approximate surface area is 57.3 Å². The molecule has 0 saturated heterocycles. The summed E-state index contributed by atoms with van der Waals surface area (Å²) in [6.07, 6.45) is 3.18. The van der Waals surface area contributed by atoms with Crippen molar-refractivity contribution >= 4 is 0 Å². The lowest BCUT2D eigenvalue weighted by Crippen LogP contribution is -2.14. The minimum absolute atomic E-state index is 1.04. The van der Waals surface area contributed by atoms with Gasteiger partial charge in [-0.05, 0) is 20.4 Å². The molecule has 2 nitrogen and oxygen atoms in total. The first kappa shape index (κ1) is 8.50. The Hall–Kier alpha value is -0.500. The van der Waals surface area contributed by atoms with Gasteiger partial charge in [-0.3, -0.25) is 0 Å². The number of allylic oxidation sites excluding steroid dienone is 1. The molecule has 9 heavy (non-hydrogen) atoms. The summed E-state index contributed by atoms with van der Waals surface area (Å²) in [6.45, 7) is 3.09. The Morgan fingerprint density at radius 3 is 2.44 bits per heavy atom. The Balaban J connectivity index is 3.33. The van der Waals surface area contributed by atoms with Gasteiger partial charge in [0, 0.05) is 19.3 Å². The van der Waals surface area contributed by atoms with Crippen LogP contribution in [-0.4, -0.2) is 20.6 Å². The fourth-order valence-corrected chi connectivity index (χ4v) is 0.673. The Bertz CT molecular complexity index is 86.9. The largest absolute Gasteiger partial charge is 0.392 e. The molecule has 0 saturated carbocycles. The standard InChI is InChI=1S/C7H16N2/c1-4-7(9-3)5-6-8-2/h4,8-9H,5-6H2,1-3H3/b7-4-. The molecule has 0 aromatic rings. The van der Waals surface area contributed by atoms with Crippen LogP contribution in [0.4, 0.5) is 0 Å². The second-order valence-electron chi connectivity index (χ2n) is 1.92. The molecule has 0 atom stereocenters. The Morgan fingerprint density at radius 2 is 2.11 bits per heavy atom. The smallest absolute Gasteiger partial charge is 0.00734 e. The van der Waals surface area contributed by atoms with Crippen molar-refractivity contribution in [1.29, 1.82) is 0 Å². The summed E-state index contributed by atoms with van der Waals surface area (Å²) < 4.78 is 0. The molecule has 0 spiro atoms. The van der Waals surface area contributed by atoms with Gasteiger partial charge < -0.3 is 10.6 Å². The molecule has 0 aliphatic carbocycles. The van der Waals surface area contributed by atoms with E-state index in [1.807, 2.05) is 21.0 Å². The average Bonchev–Trinajstić information content (AvgIpc) is 1.91. The van der Waals surface area contributed by atoms with Crippen molar-refractivity contribution in [3.05, 3.63) is 11.8 Å². The van der Waals surface area contributed by atoms with Gasteiger partial charge in [-0.1, -0.05) is 6.08 Å². The molecule has 0 fully saturated rings. The van der Waals surface area contributed by atoms with Crippen molar-refractivity contribution < 1.29 is 0 Å². The van der Waals surface area contributed by atoms with Crippen molar-refractivity contribution in [3.8, 4) is 0 Å². The highest BCUT2D eigenvalue weighted by Crippen LogP contribution is 1.91. The summed E-state index contributed by atoms with van der Waals surface area (Å²) in [5, 5.41) is 6.19. The van der Waals surface area contributed by atoms with Crippen molar-refractivity contribution in [2.75, 3.05) is 20.6 Å². The fraction of sp³-hybridized carbons (Fsp3) is 0.714. The maximum Gasteiger partial charge on any atom is 0.00734 e. The first-order valence-corrected chi connectivity index (χ1v) is 3.32. The molecule has 0 heterocycles. The summed E-state index contributed by atoms with van der Waals surface area (Å²) in [6, 6.07) is 0. The fourth-order valence-electron chi connectivity index (χ4n) is 0.673. The van der Waals surface area contributed by atoms with Gasteiger partial charge in [-0.25, -0.2) is 0 Å². The van der Waals surface area contributed by atoms with Crippen molar-refractivity contribution in [2.45, 2.75) is 13.3 Å². The van der Waals surface area contributed by atoms with E-state index < -0.39 is 0 Å². The Morgan fingerprint density at radius 1 is 1.44 bits per heavy atom. The number of hydrogen-bond acceptors (Lipinski definition) is 2. The lowest BCUT2D eigenvalue weighted by molar-refractivity contribution is 0.747. The SMILES string of the molecule is C/C=C(/CCNC)NC. The van der Waals surface area contributed by atoms with Crippen LogP contribution < -0.4 is 10.6 Å². The second kappa shape index (κ2) is 5.63. The van der Waals surface area contributed by atoms with Gasteiger partial charge in [-0.15, -0.1) is 0 Å². The van der Waals surface area contributed by atoms with Crippen LogP contribution in [0.25, 0.3) is 0 Å². The van der Waals surface area contributed by atoms with Gasteiger partial charge in [-0.2, -0.15) is 0 Å². The van der Waals surface area contributed by atoms with E-state index >= 15 is 0 Å². The molecule has 2 N–H and O–H groups in total. The van der Waals surface area contributed by atoms with Crippen LogP contribution in [0.1, 0.15) is 13.3 Å². The van der Waals surface area contributed by atoms with E-state index in [1.54, 1.807) is 0 Å². The molecule has 0 aromatic heterocycles. The quantitative estimate of drug-likeness (QED) is 0.583. The first-order chi connectivity index (χ1) is 4.35. The monoisotopic (exact) mass is 128 g/mol. The number of nitrogens with one attached hydrogen (secondary N) is 2. The molecular weight excluding hydrogens is 112 g/mol. The van der Waals surface area contributed by atoms with Crippen LogP contribution >= 0.6 is 0 Å². The van der Waals surface area contributed by atoms with Crippen LogP contribution in [0.5, 0.6) is 0 Å². The summed E-state index contributed by atoms with van der Waals surface area (Å²) in [5.74, 6) is 0. The first-order valence-electron chi connectivity index (χ1n) is 3.32. The van der Waals surface area contributed by atoms with Crippen molar-refractivity contribution in [2.24, 2.45) is 0 Å². The third-order valence-corrected chi connectivity index (χ3v) is 1.31. The molecule has 0 aromatic carbocycles. The van der Waals surface area contributed by atoms with E-state index in [4.69, 9.17) is 0 Å². The summed E-state index contributed by atoms with van der Waals surface area (Å²) in [4.78, 5) is 0. The van der Waals surface area contributed by atoms with Gasteiger partial charge >= 0.3 is 0 Å². The Kier molecular flexibility index (Phi) is 5.32. The predicted molar refractivity (Wildman–Crippen MR) is 41.4 cm³/mol. The molecule has 0 unspecified atom stereocenters. The molecule has 0 aliphatic heterocycles. The molecule has 0 radical (unpaired) electrons. The lowest BCUT2D eigenvalue weighted by Gasteiger charge is -2.03. The van der Waals surface area contributed by atoms with Crippen molar-refractivity contribution in [1.82, 2.24) is 10.6 Å². The summed E-state index contributed by atoms with van der Waals surface area (Å²) in [7, 11) is 3.91. The van der Waals surface area contributed by atoms with Gasteiger partial charge in [0.15, 0.2) is 0 Å². The molecule has 0 rings (SSSR count). The van der Waals surface area contributed by atoms with E-state index in [-0.39, 0.29) is 0 Å².